The van der Waals surface area contributed by atoms with Crippen molar-refractivity contribution in [3.8, 4) is 0 Å². The number of hydrogen-bond acceptors (Lipinski definition) is 4. The van der Waals surface area contributed by atoms with Gasteiger partial charge in [-0.25, -0.2) is 0 Å². The molecule has 1 N–H and O–H groups in total. The molecule has 0 radical (unpaired) electrons. The zero-order valence-corrected chi connectivity index (χ0v) is 12.4. The summed E-state index contributed by atoms with van der Waals surface area (Å²) in [4.78, 5) is 24.8. The molecule has 1 aromatic rings. The third-order valence-electron chi connectivity index (χ3n) is 3.60. The van der Waals surface area contributed by atoms with Gasteiger partial charge in [-0.15, -0.1) is 0 Å². The zero-order valence-electron chi connectivity index (χ0n) is 12.4. The van der Waals surface area contributed by atoms with Crippen molar-refractivity contribution in [1.29, 1.82) is 0 Å². The van der Waals surface area contributed by atoms with Gasteiger partial charge >= 0.3 is 5.97 Å². The second kappa shape index (κ2) is 6.71. The quantitative estimate of drug-likeness (QED) is 0.859. The highest BCUT2D eigenvalue weighted by Gasteiger charge is 2.28. The maximum atomic E-state index is 12.3. The Balaban J connectivity index is 1.94. The van der Waals surface area contributed by atoms with E-state index in [4.69, 9.17) is 9.84 Å². The molecule has 1 aromatic heterocycles. The van der Waals surface area contributed by atoms with Crippen LogP contribution in [0.5, 0.6) is 0 Å². The standard InChI is InChI=1S/C14H21N3O4/c1-10-7-11(2)17(15-10)4-3-13(18)16-5-6-21-9-12(16)8-14(19)20/h7,12H,3-6,8-9H2,1-2H3,(H,19,20). The Morgan fingerprint density at radius 1 is 1.48 bits per heavy atom. The third kappa shape index (κ3) is 4.04. The van der Waals surface area contributed by atoms with Crippen molar-refractivity contribution in [2.75, 3.05) is 19.8 Å². The molecule has 1 atom stereocenters. The number of carbonyl (C=O) groups excluding carboxylic acids is 1. The number of amides is 1. The number of carboxylic acid groups (broad SMARTS) is 1. The molecular weight excluding hydrogens is 274 g/mol. The highest BCUT2D eigenvalue weighted by atomic mass is 16.5. The van der Waals surface area contributed by atoms with Gasteiger partial charge in [-0.05, 0) is 19.9 Å². The van der Waals surface area contributed by atoms with Crippen molar-refractivity contribution in [2.45, 2.75) is 39.3 Å². The van der Waals surface area contributed by atoms with Crippen LogP contribution in [0.4, 0.5) is 0 Å². The Hall–Kier alpha value is -1.89. The van der Waals surface area contributed by atoms with Crippen molar-refractivity contribution < 1.29 is 19.4 Å². The number of hydrogen-bond donors (Lipinski definition) is 1. The molecule has 0 saturated carbocycles. The maximum absolute atomic E-state index is 12.3. The molecule has 1 amide bonds. The SMILES string of the molecule is Cc1cc(C)n(CCC(=O)N2CCOCC2CC(=O)O)n1. The van der Waals surface area contributed by atoms with Gasteiger partial charge in [0.2, 0.25) is 5.91 Å². The largest absolute Gasteiger partial charge is 0.481 e. The molecule has 0 aromatic carbocycles. The number of carbonyl (C=O) groups is 2. The predicted molar refractivity (Wildman–Crippen MR) is 74.9 cm³/mol. The van der Waals surface area contributed by atoms with Crippen molar-refractivity contribution in [3.63, 3.8) is 0 Å². The van der Waals surface area contributed by atoms with E-state index in [0.717, 1.165) is 11.4 Å². The number of rotatable bonds is 5. The summed E-state index contributed by atoms with van der Waals surface area (Å²) in [6, 6.07) is 1.59. The molecule has 1 aliphatic heterocycles. The Bertz CT molecular complexity index is 526. The minimum Gasteiger partial charge on any atom is -0.481 e. The van der Waals surface area contributed by atoms with Gasteiger partial charge in [0.05, 0.1) is 31.4 Å². The Morgan fingerprint density at radius 3 is 2.86 bits per heavy atom. The van der Waals surface area contributed by atoms with Gasteiger partial charge < -0.3 is 14.7 Å². The van der Waals surface area contributed by atoms with Crippen molar-refractivity contribution in [1.82, 2.24) is 14.7 Å². The molecule has 7 nitrogen and oxygen atoms in total. The summed E-state index contributed by atoms with van der Waals surface area (Å²) in [5.74, 6) is -0.959. The van der Waals surface area contributed by atoms with Gasteiger partial charge in [0.15, 0.2) is 0 Å². The van der Waals surface area contributed by atoms with Crippen LogP contribution in [-0.2, 0) is 20.9 Å². The number of aryl methyl sites for hydroxylation is 3. The third-order valence-corrected chi connectivity index (χ3v) is 3.60. The van der Waals surface area contributed by atoms with Gasteiger partial charge in [0, 0.05) is 25.2 Å². The summed E-state index contributed by atoms with van der Waals surface area (Å²) in [6.07, 6.45) is 0.240. The van der Waals surface area contributed by atoms with E-state index in [9.17, 15) is 9.59 Å². The second-order valence-corrected chi connectivity index (χ2v) is 5.31. The molecule has 0 bridgehead atoms. The van der Waals surface area contributed by atoms with E-state index in [2.05, 4.69) is 5.10 Å². The van der Waals surface area contributed by atoms with E-state index < -0.39 is 5.97 Å². The number of nitrogens with zero attached hydrogens (tertiary/aromatic N) is 3. The Morgan fingerprint density at radius 2 is 2.24 bits per heavy atom. The number of aliphatic carboxylic acids is 1. The fraction of sp³-hybridized carbons (Fsp3) is 0.643. The first-order valence-electron chi connectivity index (χ1n) is 7.07. The molecule has 1 aliphatic rings. The molecule has 1 unspecified atom stereocenters. The highest BCUT2D eigenvalue weighted by molar-refractivity contribution is 5.77. The van der Waals surface area contributed by atoms with Gasteiger partial charge in [0.1, 0.15) is 0 Å². The smallest absolute Gasteiger partial charge is 0.305 e. The Kier molecular flexibility index (Phi) is 4.95. The molecule has 116 valence electrons. The normalized spacial score (nSPS) is 18.8. The maximum Gasteiger partial charge on any atom is 0.305 e. The molecule has 2 heterocycles. The van der Waals surface area contributed by atoms with Crippen molar-refractivity contribution >= 4 is 11.9 Å². The summed E-state index contributed by atoms with van der Waals surface area (Å²) in [5, 5.41) is 13.2. The first-order valence-corrected chi connectivity index (χ1v) is 7.07. The lowest BCUT2D eigenvalue weighted by atomic mass is 10.1. The van der Waals surface area contributed by atoms with Crippen LogP contribution in [0.1, 0.15) is 24.2 Å². The average molecular weight is 295 g/mol. The molecule has 1 saturated heterocycles. The van der Waals surface area contributed by atoms with Crippen LogP contribution >= 0.6 is 0 Å². The van der Waals surface area contributed by atoms with Crippen LogP contribution in [0, 0.1) is 13.8 Å². The van der Waals surface area contributed by atoms with Crippen LogP contribution in [0.15, 0.2) is 6.07 Å². The van der Waals surface area contributed by atoms with Crippen LogP contribution in [0.25, 0.3) is 0 Å². The second-order valence-electron chi connectivity index (χ2n) is 5.31. The lowest BCUT2D eigenvalue weighted by molar-refractivity contribution is -0.146. The molecular formula is C14H21N3O4. The van der Waals surface area contributed by atoms with Gasteiger partial charge in [-0.3, -0.25) is 14.3 Å². The topological polar surface area (TPSA) is 84.7 Å². The number of morpholine rings is 1. The van der Waals surface area contributed by atoms with E-state index in [1.54, 1.807) is 9.58 Å². The lowest BCUT2D eigenvalue weighted by Gasteiger charge is -2.35. The van der Waals surface area contributed by atoms with Crippen LogP contribution in [0.3, 0.4) is 0 Å². The summed E-state index contributed by atoms with van der Waals surface area (Å²) in [6.45, 7) is 5.58. The Labute approximate surface area is 123 Å². The lowest BCUT2D eigenvalue weighted by Crippen LogP contribution is -2.49. The van der Waals surface area contributed by atoms with Gasteiger partial charge in [-0.1, -0.05) is 0 Å². The number of aromatic nitrogens is 2. The molecule has 21 heavy (non-hydrogen) atoms. The molecule has 1 fully saturated rings. The fourth-order valence-corrected chi connectivity index (χ4v) is 2.60. The highest BCUT2D eigenvalue weighted by Crippen LogP contribution is 2.13. The summed E-state index contributed by atoms with van der Waals surface area (Å²) in [7, 11) is 0. The van der Waals surface area contributed by atoms with E-state index in [1.165, 1.54) is 0 Å². The first-order chi connectivity index (χ1) is 9.97. The summed E-state index contributed by atoms with van der Waals surface area (Å²) < 4.78 is 7.08. The molecule has 2 rings (SSSR count). The van der Waals surface area contributed by atoms with Gasteiger partial charge in [0.25, 0.3) is 0 Å². The molecule has 0 spiro atoms. The molecule has 0 aliphatic carbocycles. The minimum absolute atomic E-state index is 0.0443. The monoisotopic (exact) mass is 295 g/mol. The fourth-order valence-electron chi connectivity index (χ4n) is 2.60. The van der Waals surface area contributed by atoms with Crippen molar-refractivity contribution in [2.24, 2.45) is 0 Å². The summed E-state index contributed by atoms with van der Waals surface area (Å²) in [5.41, 5.74) is 1.94. The van der Waals surface area contributed by atoms with Gasteiger partial charge in [-0.2, -0.15) is 5.10 Å². The number of carboxylic acids is 1. The average Bonchev–Trinajstić information content (AvgIpc) is 2.74. The first kappa shape index (κ1) is 15.5. The van der Waals surface area contributed by atoms with Crippen molar-refractivity contribution in [3.05, 3.63) is 17.5 Å². The van der Waals surface area contributed by atoms with E-state index in [-0.39, 0.29) is 25.0 Å². The van der Waals surface area contributed by atoms with Crippen LogP contribution < -0.4 is 0 Å². The zero-order chi connectivity index (χ0) is 15.4. The van der Waals surface area contributed by atoms with E-state index in [0.29, 0.717) is 26.1 Å². The minimum atomic E-state index is -0.915. The van der Waals surface area contributed by atoms with E-state index in [1.807, 2.05) is 19.9 Å². The van der Waals surface area contributed by atoms with Crippen LogP contribution in [-0.4, -0.2) is 57.5 Å². The summed E-state index contributed by atoms with van der Waals surface area (Å²) >= 11 is 0. The van der Waals surface area contributed by atoms with E-state index >= 15 is 0 Å². The number of ether oxygens (including phenoxy) is 1. The molecule has 7 heteroatoms. The van der Waals surface area contributed by atoms with Crippen LogP contribution in [0.2, 0.25) is 0 Å². The predicted octanol–water partition coefficient (Wildman–Crippen LogP) is 0.592.